The number of hydrogen-bond donors (Lipinski definition) is 4. The summed E-state index contributed by atoms with van der Waals surface area (Å²) in [7, 11) is 0. The fraction of sp³-hybridized carbons (Fsp3) is 0.500. The molecule has 0 radical (unpaired) electrons. The molecule has 0 spiro atoms. The molecule has 0 heterocycles. The largest absolute Gasteiger partial charge is 1.00 e. The zero-order chi connectivity index (χ0) is 10.6. The summed E-state index contributed by atoms with van der Waals surface area (Å²) in [4.78, 5) is 30.5. The van der Waals surface area contributed by atoms with Gasteiger partial charge in [-0.05, 0) is 0 Å². The third-order valence-electron chi connectivity index (χ3n) is 1.29. The van der Waals surface area contributed by atoms with Crippen LogP contribution in [0.3, 0.4) is 0 Å². The van der Waals surface area contributed by atoms with Crippen molar-refractivity contribution in [2.45, 2.75) is 18.4 Å². The third kappa shape index (κ3) is 16.8. The molecule has 116 valence electrons. The van der Waals surface area contributed by atoms with Gasteiger partial charge in [0.15, 0.2) is 5.60 Å². The molecule has 0 aliphatic heterocycles. The van der Waals surface area contributed by atoms with Gasteiger partial charge in [-0.15, -0.1) is 0 Å². The van der Waals surface area contributed by atoms with E-state index in [4.69, 9.17) is 20.4 Å². The van der Waals surface area contributed by atoms with Crippen molar-refractivity contribution >= 4 is 17.9 Å². The van der Waals surface area contributed by atoms with Crippen LogP contribution in [0.2, 0.25) is 0 Å². The topological polar surface area (TPSA) is 290 Å². The van der Waals surface area contributed by atoms with Crippen LogP contribution in [0.15, 0.2) is 0 Å². The van der Waals surface area contributed by atoms with E-state index in [1.807, 2.05) is 0 Å². The van der Waals surface area contributed by atoms with Gasteiger partial charge < -0.3 is 49.2 Å². The second kappa shape index (κ2) is 16.8. The minimum atomic E-state index is -2.74. The number of hydrogen-bond acceptors (Lipinski definition) is 4. The van der Waals surface area contributed by atoms with Gasteiger partial charge in [0.2, 0.25) is 0 Å². The van der Waals surface area contributed by atoms with Crippen LogP contribution in [-0.4, -0.2) is 71.3 Å². The number of aliphatic carboxylic acids is 3. The smallest absolute Gasteiger partial charge is 1.00 e. The molecule has 0 rings (SSSR count). The maximum atomic E-state index is 10.3. The fourth-order valence-corrected chi connectivity index (χ4v) is 0.714. The van der Waals surface area contributed by atoms with E-state index in [1.165, 1.54) is 0 Å². The van der Waals surface area contributed by atoms with Gasteiger partial charge in [0.05, 0.1) is 12.8 Å². The van der Waals surface area contributed by atoms with Gasteiger partial charge in [0.1, 0.15) is 0 Å². The molecule has 0 bridgehead atoms. The Balaban J connectivity index is -0.0000000343. The molecular weight excluding hydrogens is 271 g/mol. The Morgan fingerprint density at radius 2 is 1.00 bits per heavy atom. The van der Waals surface area contributed by atoms with Crippen molar-refractivity contribution in [2.75, 3.05) is 0 Å². The van der Waals surface area contributed by atoms with Crippen molar-refractivity contribution in [2.24, 2.45) is 0 Å². The quantitative estimate of drug-likeness (QED) is 0.353. The summed E-state index contributed by atoms with van der Waals surface area (Å²) in [5.41, 5.74) is -2.74. The summed E-state index contributed by atoms with van der Waals surface area (Å²) in [6.07, 6.45) is -2.29. The first-order valence-electron chi connectivity index (χ1n) is 3.17. The Labute approximate surface area is 119 Å². The van der Waals surface area contributed by atoms with Crippen LogP contribution in [0.5, 0.6) is 0 Å². The number of aliphatic hydroxyl groups is 1. The van der Waals surface area contributed by atoms with E-state index in [-0.39, 0.29) is 47.7 Å². The summed E-state index contributed by atoms with van der Waals surface area (Å²) in [5.74, 6) is -5.02. The number of rotatable bonds is 5. The molecule has 12 nitrogen and oxygen atoms in total. The van der Waals surface area contributed by atoms with E-state index in [0.29, 0.717) is 0 Å². The summed E-state index contributed by atoms with van der Waals surface area (Å²) in [6, 6.07) is 0. The van der Waals surface area contributed by atoms with Crippen LogP contribution in [0, 0.1) is 0 Å². The van der Waals surface area contributed by atoms with Crippen LogP contribution in [-0.2, 0) is 14.4 Å². The summed E-state index contributed by atoms with van der Waals surface area (Å²) in [5, 5.41) is 33.8. The van der Waals surface area contributed by atoms with Gasteiger partial charge in [0.25, 0.3) is 0 Å². The Morgan fingerprint density at radius 1 is 0.789 bits per heavy atom. The van der Waals surface area contributed by atoms with E-state index >= 15 is 0 Å². The standard InChI is InChI=1S/C6H8O7.Li.5H2O.H/c7-3(8)1-6(13,5(11)12)2-4(9)10;;;;;;;/h13H,1-2H2,(H,7,8)(H,9,10)(H,11,12);;5*1H2;/q;+1;;;;;;-1. The van der Waals surface area contributed by atoms with Crippen molar-refractivity contribution in [1.29, 1.82) is 0 Å². The normalized spacial score (nSPS) is 7.42. The Bertz CT molecular complexity index is 242. The Kier molecular flexibility index (Phi) is 38.0. The van der Waals surface area contributed by atoms with Crippen molar-refractivity contribution < 1.29 is 82.5 Å². The summed E-state index contributed by atoms with van der Waals surface area (Å²) >= 11 is 0. The van der Waals surface area contributed by atoms with Crippen molar-refractivity contribution in [3.8, 4) is 0 Å². The van der Waals surface area contributed by atoms with Crippen LogP contribution in [0.25, 0.3) is 0 Å². The molecule has 0 aromatic rings. The van der Waals surface area contributed by atoms with Crippen molar-refractivity contribution in [3.63, 3.8) is 0 Å². The molecule has 13 heteroatoms. The van der Waals surface area contributed by atoms with Gasteiger partial charge in [-0.3, -0.25) is 9.59 Å². The monoisotopic (exact) mass is 290 g/mol. The van der Waals surface area contributed by atoms with E-state index in [2.05, 4.69) is 0 Å². The average Bonchev–Trinajstić information content (AvgIpc) is 1.82. The van der Waals surface area contributed by atoms with Crippen molar-refractivity contribution in [1.82, 2.24) is 0 Å². The molecule has 0 aliphatic carbocycles. The number of carbonyl (C=O) groups is 3. The van der Waals surface area contributed by atoms with Gasteiger partial charge >= 0.3 is 36.8 Å². The molecule has 0 saturated carbocycles. The molecule has 0 fully saturated rings. The van der Waals surface area contributed by atoms with Crippen LogP contribution in [0.4, 0.5) is 0 Å². The molecule has 19 heavy (non-hydrogen) atoms. The zero-order valence-electron chi connectivity index (χ0n) is 10.9. The molecule has 0 amide bonds. The Morgan fingerprint density at radius 3 is 1.11 bits per heavy atom. The van der Waals surface area contributed by atoms with Gasteiger partial charge in [-0.25, -0.2) is 4.79 Å². The van der Waals surface area contributed by atoms with E-state index < -0.39 is 36.4 Å². The minimum Gasteiger partial charge on any atom is -1.00 e. The van der Waals surface area contributed by atoms with Crippen LogP contribution in [0.1, 0.15) is 14.3 Å². The van der Waals surface area contributed by atoms with E-state index in [1.54, 1.807) is 0 Å². The van der Waals surface area contributed by atoms with Gasteiger partial charge in [0, 0.05) is 0 Å². The maximum Gasteiger partial charge on any atom is 1.00 e. The fourth-order valence-electron chi connectivity index (χ4n) is 0.714. The molecule has 14 N–H and O–H groups in total. The molecular formula is C6H19LiO12. The van der Waals surface area contributed by atoms with Gasteiger partial charge in [-0.1, -0.05) is 0 Å². The Hall–Kier alpha value is -1.23. The molecule has 0 saturated heterocycles. The maximum absolute atomic E-state index is 10.3. The average molecular weight is 290 g/mol. The van der Waals surface area contributed by atoms with Crippen LogP contribution >= 0.6 is 0 Å². The molecule has 0 unspecified atom stereocenters. The second-order valence-electron chi connectivity index (χ2n) is 2.48. The van der Waals surface area contributed by atoms with Crippen LogP contribution < -0.4 is 18.9 Å². The molecule has 0 aliphatic rings. The SMILES string of the molecule is O.O.O.O.O.O=C(O)CC(O)(CC(=O)O)C(=O)O.[H-].[Li+]. The van der Waals surface area contributed by atoms with E-state index in [0.717, 1.165) is 0 Å². The third-order valence-corrected chi connectivity index (χ3v) is 1.29. The zero-order valence-corrected chi connectivity index (χ0v) is 9.93. The summed E-state index contributed by atoms with van der Waals surface area (Å²) < 4.78 is 0. The summed E-state index contributed by atoms with van der Waals surface area (Å²) in [6.45, 7) is 0. The predicted octanol–water partition coefficient (Wildman–Crippen LogP) is -8.26. The first-order chi connectivity index (χ1) is 5.78. The molecule has 0 aromatic carbocycles. The number of carboxylic acid groups (broad SMARTS) is 3. The first-order valence-corrected chi connectivity index (χ1v) is 3.17. The second-order valence-corrected chi connectivity index (χ2v) is 2.48. The predicted molar refractivity (Wildman–Crippen MR) is 56.3 cm³/mol. The minimum absolute atomic E-state index is 0. The number of carboxylic acids is 3. The van der Waals surface area contributed by atoms with E-state index in [9.17, 15) is 14.4 Å². The first kappa shape index (κ1) is 43.1. The van der Waals surface area contributed by atoms with Crippen molar-refractivity contribution in [3.05, 3.63) is 0 Å². The van der Waals surface area contributed by atoms with Gasteiger partial charge in [-0.2, -0.15) is 0 Å². The molecule has 0 atom stereocenters. The molecule has 0 aromatic heterocycles.